The molecule has 10 nitrogen and oxygen atoms in total. The van der Waals surface area contributed by atoms with E-state index in [1.165, 1.54) is 18.3 Å². The van der Waals surface area contributed by atoms with E-state index in [2.05, 4.69) is 49.5 Å². The molecule has 0 fully saturated rings. The molecule has 0 bridgehead atoms. The number of carbonyl (C=O) groups is 2. The molecule has 0 aliphatic rings. The van der Waals surface area contributed by atoms with Gasteiger partial charge < -0.3 is 20.7 Å². The summed E-state index contributed by atoms with van der Waals surface area (Å²) in [6, 6.07) is 3.63. The van der Waals surface area contributed by atoms with Crippen LogP contribution < -0.4 is 16.0 Å². The van der Waals surface area contributed by atoms with E-state index in [0.29, 0.717) is 23.9 Å². The maximum Gasteiger partial charge on any atom is 0.407 e. The fourth-order valence-corrected chi connectivity index (χ4v) is 4.00. The number of amides is 2. The molecule has 0 aliphatic carbocycles. The minimum atomic E-state index is -0.530. The molecule has 0 radical (unpaired) electrons. The fourth-order valence-electron chi connectivity index (χ4n) is 3.17. The van der Waals surface area contributed by atoms with E-state index in [-0.39, 0.29) is 5.91 Å². The second-order valence-electron chi connectivity index (χ2n) is 9.71. The molecule has 2 amide bonds. The highest BCUT2D eigenvalue weighted by molar-refractivity contribution is 7.15. The van der Waals surface area contributed by atoms with Crippen molar-refractivity contribution in [3.63, 3.8) is 0 Å². The Kier molecular flexibility index (Phi) is 11.4. The van der Waals surface area contributed by atoms with Gasteiger partial charge >= 0.3 is 6.09 Å². The molecule has 2 aromatic heterocycles. The van der Waals surface area contributed by atoms with Crippen LogP contribution in [0.1, 0.15) is 64.6 Å². The third-order valence-corrected chi connectivity index (χ3v) is 5.55. The molecule has 0 aromatic carbocycles. The van der Waals surface area contributed by atoms with Crippen LogP contribution in [0, 0.1) is 0 Å². The molecule has 11 heteroatoms. The monoisotopic (exact) mass is 527 g/mol. The summed E-state index contributed by atoms with van der Waals surface area (Å²) in [6.07, 6.45) is 5.53. The molecule has 0 saturated heterocycles. The molecule has 0 atom stereocenters. The van der Waals surface area contributed by atoms with Crippen LogP contribution in [0.4, 0.5) is 15.7 Å². The molecule has 200 valence electrons. The van der Waals surface area contributed by atoms with Gasteiger partial charge in [0.25, 0.3) is 0 Å². The number of unbranched alkanes of at least 4 members (excludes halogenated alkanes) is 1. The average molecular weight is 528 g/mol. The second-order valence-corrected chi connectivity index (χ2v) is 10.8. The van der Waals surface area contributed by atoms with E-state index < -0.39 is 11.7 Å². The van der Waals surface area contributed by atoms with Crippen LogP contribution in [-0.2, 0) is 22.4 Å². The molecule has 2 heterocycles. The molecule has 0 saturated carbocycles. The second kappa shape index (κ2) is 14.2. The molecule has 0 unspecified atom stereocenters. The lowest BCUT2D eigenvalue weighted by atomic mass is 10.1. The van der Waals surface area contributed by atoms with Crippen LogP contribution >= 0.6 is 11.3 Å². The highest BCUT2D eigenvalue weighted by Crippen LogP contribution is 2.21. The first-order valence-corrected chi connectivity index (χ1v) is 12.9. The lowest BCUT2D eigenvalue weighted by Crippen LogP contribution is -2.33. The minimum absolute atomic E-state index is 0.168. The topological polar surface area (TPSA) is 131 Å². The Morgan fingerprint density at radius 3 is 2.41 bits per heavy atom. The summed E-state index contributed by atoms with van der Waals surface area (Å²) in [7, 11) is 0. The van der Waals surface area contributed by atoms with Crippen molar-refractivity contribution in [2.75, 3.05) is 17.2 Å². The number of carbonyl (C=O) groups excluding carboxylic acids is 2. The van der Waals surface area contributed by atoms with Crippen LogP contribution in [-0.4, -0.2) is 44.5 Å². The van der Waals surface area contributed by atoms with Gasteiger partial charge in [0.15, 0.2) is 5.82 Å². The van der Waals surface area contributed by atoms with Gasteiger partial charge in [0, 0.05) is 32.0 Å². The van der Waals surface area contributed by atoms with Gasteiger partial charge in [-0.15, -0.1) is 15.3 Å². The van der Waals surface area contributed by atoms with Crippen LogP contribution in [0.5, 0.6) is 0 Å². The molecular weight excluding hydrogens is 490 g/mol. The normalized spacial score (nSPS) is 11.5. The maximum atomic E-state index is 11.8. The van der Waals surface area contributed by atoms with Gasteiger partial charge in [-0.1, -0.05) is 36.1 Å². The smallest absolute Gasteiger partial charge is 0.407 e. The van der Waals surface area contributed by atoms with Gasteiger partial charge in [-0.25, -0.2) is 4.79 Å². The highest BCUT2D eigenvalue weighted by Gasteiger charge is 2.15. The predicted octanol–water partition coefficient (Wildman–Crippen LogP) is 5.19. The third kappa shape index (κ3) is 12.8. The lowest BCUT2D eigenvalue weighted by molar-refractivity contribution is -0.114. The van der Waals surface area contributed by atoms with Crippen molar-refractivity contribution in [1.29, 1.82) is 0 Å². The fraction of sp³-hybridized carbons (Fsp3) is 0.462. The van der Waals surface area contributed by atoms with Gasteiger partial charge in [-0.2, -0.15) is 5.10 Å². The summed E-state index contributed by atoms with van der Waals surface area (Å²) in [4.78, 5) is 22.8. The van der Waals surface area contributed by atoms with Gasteiger partial charge in [0.2, 0.25) is 11.0 Å². The summed E-state index contributed by atoms with van der Waals surface area (Å²) in [5.74, 6) is 0.287. The summed E-state index contributed by atoms with van der Waals surface area (Å²) in [5, 5.41) is 26.8. The minimum Gasteiger partial charge on any atom is -0.444 e. The van der Waals surface area contributed by atoms with Crippen LogP contribution in [0.25, 0.3) is 0 Å². The molecule has 37 heavy (non-hydrogen) atoms. The van der Waals surface area contributed by atoms with E-state index in [4.69, 9.17) is 4.74 Å². The first kappa shape index (κ1) is 29.6. The number of rotatable bonds is 13. The van der Waals surface area contributed by atoms with Crippen molar-refractivity contribution in [1.82, 2.24) is 25.7 Å². The maximum absolute atomic E-state index is 11.8. The van der Waals surface area contributed by atoms with Crippen LogP contribution in [0.2, 0.25) is 0 Å². The Morgan fingerprint density at radius 2 is 1.76 bits per heavy atom. The van der Waals surface area contributed by atoms with Crippen molar-refractivity contribution in [3.05, 3.63) is 58.9 Å². The summed E-state index contributed by atoms with van der Waals surface area (Å²) in [5.41, 5.74) is 2.93. The van der Waals surface area contributed by atoms with Gasteiger partial charge in [-0.3, -0.25) is 4.79 Å². The number of allylic oxidation sites excluding steroid dienone is 2. The van der Waals surface area contributed by atoms with E-state index in [9.17, 15) is 9.59 Å². The standard InChI is InChI=1S/C26H37N7O3S/c1-17(14-18(2)16-27-25(35)36-26(5,6)7)15-19(3)28-24-33-32-23(37-24)11-9-8-10-21-12-13-22(31-30-21)29-20(4)34/h12-14H,1,3,8-11,15-16H2,2,4-7H3,(H,27,35)(H,28,33)(H,29,31,34)/b18-14+. The summed E-state index contributed by atoms with van der Waals surface area (Å²) in [6.45, 7) is 17.3. The number of ether oxygens (including phenoxy) is 1. The number of alkyl carbamates (subject to hydrolysis) is 1. The zero-order valence-corrected chi connectivity index (χ0v) is 23.1. The molecular formula is C26H37N7O3S. The van der Waals surface area contributed by atoms with Crippen molar-refractivity contribution < 1.29 is 14.3 Å². The van der Waals surface area contributed by atoms with Crippen LogP contribution in [0.3, 0.4) is 0 Å². The first-order chi connectivity index (χ1) is 17.4. The predicted molar refractivity (Wildman–Crippen MR) is 147 cm³/mol. The van der Waals surface area contributed by atoms with E-state index >= 15 is 0 Å². The van der Waals surface area contributed by atoms with E-state index in [1.807, 2.05) is 39.8 Å². The summed E-state index contributed by atoms with van der Waals surface area (Å²) >= 11 is 1.50. The van der Waals surface area contributed by atoms with Crippen molar-refractivity contribution in [2.45, 2.75) is 72.3 Å². The average Bonchev–Trinajstić information content (AvgIpc) is 3.21. The zero-order valence-electron chi connectivity index (χ0n) is 22.3. The Morgan fingerprint density at radius 1 is 1.03 bits per heavy atom. The molecule has 2 aromatic rings. The van der Waals surface area contributed by atoms with Gasteiger partial charge in [0.05, 0.1) is 5.69 Å². The number of anilines is 2. The first-order valence-electron chi connectivity index (χ1n) is 12.1. The van der Waals surface area contributed by atoms with Crippen molar-refractivity contribution in [3.8, 4) is 0 Å². The molecule has 0 aliphatic heterocycles. The third-order valence-electron chi connectivity index (χ3n) is 4.65. The zero-order chi connectivity index (χ0) is 27.4. The Bertz CT molecular complexity index is 1120. The number of hydrogen-bond acceptors (Lipinski definition) is 9. The summed E-state index contributed by atoms with van der Waals surface area (Å²) < 4.78 is 5.24. The quantitative estimate of drug-likeness (QED) is 0.239. The van der Waals surface area contributed by atoms with E-state index in [0.717, 1.165) is 53.2 Å². The lowest BCUT2D eigenvalue weighted by Gasteiger charge is -2.19. The Balaban J connectivity index is 1.69. The SMILES string of the molecule is C=C(/C=C(\C)CNC(=O)OC(C)(C)C)CC(=C)Nc1nnc(CCCCc2ccc(NC(C)=O)nn2)s1. The van der Waals surface area contributed by atoms with Crippen LogP contribution in [0.15, 0.2) is 48.2 Å². The van der Waals surface area contributed by atoms with Gasteiger partial charge in [0.1, 0.15) is 10.6 Å². The number of hydrogen-bond donors (Lipinski definition) is 3. The van der Waals surface area contributed by atoms with Crippen molar-refractivity contribution >= 4 is 34.3 Å². The highest BCUT2D eigenvalue weighted by atomic mass is 32.1. The largest absolute Gasteiger partial charge is 0.444 e. The Labute approximate surface area is 222 Å². The number of nitrogens with zero attached hydrogens (tertiary/aromatic N) is 4. The van der Waals surface area contributed by atoms with E-state index in [1.54, 1.807) is 6.07 Å². The van der Waals surface area contributed by atoms with Gasteiger partial charge in [-0.05, 0) is 64.7 Å². The molecule has 2 rings (SSSR count). The number of nitrogens with one attached hydrogen (secondary N) is 3. The number of aromatic nitrogens is 4. The molecule has 3 N–H and O–H groups in total. The molecule has 0 spiro atoms. The number of aryl methyl sites for hydroxylation is 2. The Hall–Kier alpha value is -3.60. The van der Waals surface area contributed by atoms with Crippen molar-refractivity contribution in [2.24, 2.45) is 0 Å².